The Morgan fingerprint density at radius 3 is 2.32 bits per heavy atom. The van der Waals surface area contributed by atoms with Crippen molar-refractivity contribution in [3.63, 3.8) is 0 Å². The van der Waals surface area contributed by atoms with Gasteiger partial charge in [0.05, 0.1) is 0 Å². The molecule has 1 atom stereocenters. The lowest BCUT2D eigenvalue weighted by atomic mass is 9.89. The molecule has 1 unspecified atom stereocenters. The fourth-order valence-electron chi connectivity index (χ4n) is 3.21. The van der Waals surface area contributed by atoms with Crippen molar-refractivity contribution in [1.82, 2.24) is 5.32 Å². The van der Waals surface area contributed by atoms with E-state index in [1.165, 1.54) is 50.5 Å². The van der Waals surface area contributed by atoms with Gasteiger partial charge < -0.3 is 5.32 Å². The van der Waals surface area contributed by atoms with E-state index in [1.807, 2.05) is 12.1 Å². The summed E-state index contributed by atoms with van der Waals surface area (Å²) >= 11 is 0. The molecule has 0 heterocycles. The molecule has 0 saturated heterocycles. The van der Waals surface area contributed by atoms with Gasteiger partial charge in [-0.15, -0.1) is 0 Å². The third kappa shape index (κ3) is 4.61. The van der Waals surface area contributed by atoms with Crippen LogP contribution in [0.3, 0.4) is 0 Å². The molecule has 0 bridgehead atoms. The molecule has 0 aliphatic heterocycles. The van der Waals surface area contributed by atoms with Gasteiger partial charge >= 0.3 is 0 Å². The van der Waals surface area contributed by atoms with Crippen LogP contribution >= 0.6 is 0 Å². The van der Waals surface area contributed by atoms with Crippen LogP contribution in [0, 0.1) is 11.7 Å². The van der Waals surface area contributed by atoms with Gasteiger partial charge in [-0.05, 0) is 36.6 Å². The number of hydrogen-bond donors (Lipinski definition) is 1. The highest BCUT2D eigenvalue weighted by atomic mass is 19.1. The number of nitrogens with one attached hydrogen (secondary N) is 1. The summed E-state index contributed by atoms with van der Waals surface area (Å²) in [6.07, 6.45) is 9.49. The normalized spacial score (nSPS) is 19.1. The standard InChI is InChI=1S/C17H26FN/c1-2-19-17(15-9-11-16(18)12-10-15)13-14-7-5-3-4-6-8-14/h9-12,14,17,19H,2-8,13H2,1H3. The first-order chi connectivity index (χ1) is 9.29. The second-order valence-electron chi connectivity index (χ2n) is 5.76. The maximum Gasteiger partial charge on any atom is 0.123 e. The molecule has 1 aromatic carbocycles. The summed E-state index contributed by atoms with van der Waals surface area (Å²) in [6.45, 7) is 3.11. The Balaban J connectivity index is 2.00. The van der Waals surface area contributed by atoms with E-state index >= 15 is 0 Å². The Morgan fingerprint density at radius 2 is 1.74 bits per heavy atom. The van der Waals surface area contributed by atoms with Crippen LogP contribution in [-0.2, 0) is 0 Å². The van der Waals surface area contributed by atoms with Gasteiger partial charge in [-0.1, -0.05) is 57.6 Å². The van der Waals surface area contributed by atoms with Crippen molar-refractivity contribution >= 4 is 0 Å². The molecule has 0 amide bonds. The van der Waals surface area contributed by atoms with Crippen LogP contribution in [0.2, 0.25) is 0 Å². The summed E-state index contributed by atoms with van der Waals surface area (Å²) in [5.74, 6) is 0.685. The van der Waals surface area contributed by atoms with Gasteiger partial charge in [-0.3, -0.25) is 0 Å². The van der Waals surface area contributed by atoms with Crippen LogP contribution < -0.4 is 5.32 Å². The lowest BCUT2D eigenvalue weighted by Crippen LogP contribution is -2.23. The third-order valence-corrected chi connectivity index (χ3v) is 4.27. The summed E-state index contributed by atoms with van der Waals surface area (Å²) < 4.78 is 13.0. The Labute approximate surface area is 116 Å². The summed E-state index contributed by atoms with van der Waals surface area (Å²) in [5, 5.41) is 3.56. The van der Waals surface area contributed by atoms with Gasteiger partial charge in [-0.2, -0.15) is 0 Å². The van der Waals surface area contributed by atoms with Crippen molar-refractivity contribution in [1.29, 1.82) is 0 Å². The fraction of sp³-hybridized carbons (Fsp3) is 0.647. The SMILES string of the molecule is CCNC(CC1CCCCCC1)c1ccc(F)cc1. The van der Waals surface area contributed by atoms with Gasteiger partial charge in [0.1, 0.15) is 5.82 Å². The van der Waals surface area contributed by atoms with E-state index in [0.29, 0.717) is 6.04 Å². The van der Waals surface area contributed by atoms with E-state index in [4.69, 9.17) is 0 Å². The second kappa shape index (κ2) is 7.64. The van der Waals surface area contributed by atoms with Crippen molar-refractivity contribution in [2.45, 2.75) is 57.9 Å². The lowest BCUT2D eigenvalue weighted by Gasteiger charge is -2.24. The van der Waals surface area contributed by atoms with Crippen LogP contribution in [0.4, 0.5) is 4.39 Å². The van der Waals surface area contributed by atoms with E-state index in [-0.39, 0.29) is 5.82 Å². The highest BCUT2D eigenvalue weighted by Crippen LogP contribution is 2.31. The minimum Gasteiger partial charge on any atom is -0.310 e. The number of halogens is 1. The maximum absolute atomic E-state index is 13.0. The van der Waals surface area contributed by atoms with Gasteiger partial charge in [0.15, 0.2) is 0 Å². The first-order valence-corrected chi connectivity index (χ1v) is 7.78. The average Bonchev–Trinajstić information content (AvgIpc) is 2.68. The van der Waals surface area contributed by atoms with Crippen molar-refractivity contribution in [2.24, 2.45) is 5.92 Å². The molecule has 1 nitrogen and oxygen atoms in total. The molecule has 1 aliphatic carbocycles. The number of rotatable bonds is 5. The molecule has 106 valence electrons. The summed E-state index contributed by atoms with van der Waals surface area (Å²) in [4.78, 5) is 0. The minimum atomic E-state index is -0.145. The molecule has 1 aromatic rings. The highest BCUT2D eigenvalue weighted by Gasteiger charge is 2.18. The molecule has 1 N–H and O–H groups in total. The first kappa shape index (κ1) is 14.5. The molecule has 2 rings (SSSR count). The Kier molecular flexibility index (Phi) is 5.84. The Hall–Kier alpha value is -0.890. The molecule has 19 heavy (non-hydrogen) atoms. The van der Waals surface area contributed by atoms with Gasteiger partial charge in [0.25, 0.3) is 0 Å². The molecule has 0 radical (unpaired) electrons. The van der Waals surface area contributed by atoms with E-state index < -0.39 is 0 Å². The van der Waals surface area contributed by atoms with Crippen molar-refractivity contribution in [2.75, 3.05) is 6.54 Å². The van der Waals surface area contributed by atoms with E-state index in [9.17, 15) is 4.39 Å². The van der Waals surface area contributed by atoms with Crippen LogP contribution in [-0.4, -0.2) is 6.54 Å². The molecule has 1 aliphatic rings. The highest BCUT2D eigenvalue weighted by molar-refractivity contribution is 5.20. The van der Waals surface area contributed by atoms with Crippen LogP contribution in [0.15, 0.2) is 24.3 Å². The zero-order chi connectivity index (χ0) is 13.5. The van der Waals surface area contributed by atoms with Gasteiger partial charge in [-0.25, -0.2) is 4.39 Å². The number of hydrogen-bond acceptors (Lipinski definition) is 1. The molecule has 1 saturated carbocycles. The molecule has 0 spiro atoms. The summed E-state index contributed by atoms with van der Waals surface area (Å²) in [6, 6.07) is 7.40. The Bertz CT molecular complexity index is 352. The van der Waals surface area contributed by atoms with Crippen LogP contribution in [0.1, 0.15) is 63.5 Å². The molecule has 0 aromatic heterocycles. The monoisotopic (exact) mass is 263 g/mol. The van der Waals surface area contributed by atoms with Gasteiger partial charge in [0, 0.05) is 6.04 Å². The van der Waals surface area contributed by atoms with E-state index in [1.54, 1.807) is 12.1 Å². The van der Waals surface area contributed by atoms with Crippen molar-refractivity contribution in [3.8, 4) is 0 Å². The van der Waals surface area contributed by atoms with E-state index in [0.717, 1.165) is 12.5 Å². The predicted octanol–water partition coefficient (Wildman–Crippen LogP) is 4.84. The Morgan fingerprint density at radius 1 is 1.11 bits per heavy atom. The molecule has 1 fully saturated rings. The maximum atomic E-state index is 13.0. The quantitative estimate of drug-likeness (QED) is 0.750. The number of benzene rings is 1. The summed E-state index contributed by atoms with van der Waals surface area (Å²) in [7, 11) is 0. The second-order valence-corrected chi connectivity index (χ2v) is 5.76. The van der Waals surface area contributed by atoms with Crippen LogP contribution in [0.5, 0.6) is 0 Å². The zero-order valence-electron chi connectivity index (χ0n) is 12.0. The van der Waals surface area contributed by atoms with Crippen molar-refractivity contribution < 1.29 is 4.39 Å². The lowest BCUT2D eigenvalue weighted by molar-refractivity contribution is 0.359. The first-order valence-electron chi connectivity index (χ1n) is 7.78. The van der Waals surface area contributed by atoms with E-state index in [2.05, 4.69) is 12.2 Å². The predicted molar refractivity (Wildman–Crippen MR) is 78.6 cm³/mol. The average molecular weight is 263 g/mol. The van der Waals surface area contributed by atoms with Gasteiger partial charge in [0.2, 0.25) is 0 Å². The molecule has 2 heteroatoms. The largest absolute Gasteiger partial charge is 0.310 e. The molecular weight excluding hydrogens is 237 g/mol. The minimum absolute atomic E-state index is 0.145. The summed E-state index contributed by atoms with van der Waals surface area (Å²) in [5.41, 5.74) is 1.23. The van der Waals surface area contributed by atoms with Crippen molar-refractivity contribution in [3.05, 3.63) is 35.6 Å². The molecular formula is C17H26FN. The smallest absolute Gasteiger partial charge is 0.123 e. The fourth-order valence-corrected chi connectivity index (χ4v) is 3.21. The van der Waals surface area contributed by atoms with Crippen LogP contribution in [0.25, 0.3) is 0 Å². The topological polar surface area (TPSA) is 12.0 Å². The third-order valence-electron chi connectivity index (χ3n) is 4.27. The zero-order valence-corrected chi connectivity index (χ0v) is 12.0.